The van der Waals surface area contributed by atoms with E-state index in [0.717, 1.165) is 0 Å². The van der Waals surface area contributed by atoms with Crippen LogP contribution in [0.3, 0.4) is 0 Å². The molecule has 20 heavy (non-hydrogen) atoms. The van der Waals surface area contributed by atoms with E-state index >= 15 is 0 Å². The monoisotopic (exact) mass is 321 g/mol. The fourth-order valence-corrected chi connectivity index (χ4v) is 3.05. The number of sulfonamides is 1. The molecule has 0 bridgehead atoms. The highest BCUT2D eigenvalue weighted by atomic mass is 35.5. The molecule has 1 aromatic rings. The first kappa shape index (κ1) is 17.2. The molecule has 7 heteroatoms. The maximum atomic E-state index is 12.4. The van der Waals surface area contributed by atoms with E-state index < -0.39 is 10.0 Å². The van der Waals surface area contributed by atoms with E-state index in [1.54, 1.807) is 12.1 Å². The third-order valence-corrected chi connectivity index (χ3v) is 4.94. The molecule has 0 N–H and O–H groups in total. The topological polar surface area (TPSA) is 55.8 Å². The van der Waals surface area contributed by atoms with Crippen molar-refractivity contribution in [1.82, 2.24) is 4.31 Å². The molecular formula is C13H20ClNO4S. The molecule has 0 radical (unpaired) electrons. The van der Waals surface area contributed by atoms with Crippen molar-refractivity contribution in [2.45, 2.75) is 17.7 Å². The minimum absolute atomic E-state index is 0.195. The van der Waals surface area contributed by atoms with E-state index in [0.29, 0.717) is 31.1 Å². The van der Waals surface area contributed by atoms with Crippen molar-refractivity contribution in [3.8, 4) is 5.75 Å². The smallest absolute Gasteiger partial charge is 0.242 e. The van der Waals surface area contributed by atoms with Gasteiger partial charge in [-0.05, 0) is 25.1 Å². The van der Waals surface area contributed by atoms with Gasteiger partial charge >= 0.3 is 0 Å². The van der Waals surface area contributed by atoms with Crippen LogP contribution in [-0.4, -0.2) is 46.6 Å². The van der Waals surface area contributed by atoms with Gasteiger partial charge in [-0.15, -0.1) is 11.6 Å². The van der Waals surface area contributed by atoms with Crippen LogP contribution in [0.2, 0.25) is 0 Å². The highest BCUT2D eigenvalue weighted by Crippen LogP contribution is 2.25. The molecule has 5 nitrogen and oxygen atoms in total. The first-order chi connectivity index (χ1) is 9.47. The Morgan fingerprint density at radius 3 is 2.60 bits per heavy atom. The summed E-state index contributed by atoms with van der Waals surface area (Å²) in [6.45, 7) is 3.00. The van der Waals surface area contributed by atoms with Crippen molar-refractivity contribution >= 4 is 21.6 Å². The van der Waals surface area contributed by atoms with E-state index in [-0.39, 0.29) is 10.8 Å². The molecule has 0 amide bonds. The number of hydrogen-bond acceptors (Lipinski definition) is 4. The molecule has 0 aromatic heterocycles. The number of rotatable bonds is 8. The lowest BCUT2D eigenvalue weighted by atomic mass is 10.2. The quantitative estimate of drug-likeness (QED) is 0.688. The summed E-state index contributed by atoms with van der Waals surface area (Å²) in [6, 6.07) is 4.72. The van der Waals surface area contributed by atoms with Crippen LogP contribution in [0.1, 0.15) is 12.5 Å². The van der Waals surface area contributed by atoms with Crippen LogP contribution in [0.25, 0.3) is 0 Å². The lowest BCUT2D eigenvalue weighted by Crippen LogP contribution is -2.30. The van der Waals surface area contributed by atoms with Crippen LogP contribution in [0.5, 0.6) is 5.75 Å². The van der Waals surface area contributed by atoms with Crippen molar-refractivity contribution in [3.05, 3.63) is 23.8 Å². The van der Waals surface area contributed by atoms with Gasteiger partial charge in [-0.25, -0.2) is 8.42 Å². The molecule has 1 rings (SSSR count). The molecule has 1 aromatic carbocycles. The van der Waals surface area contributed by atoms with Gasteiger partial charge in [-0.2, -0.15) is 4.31 Å². The van der Waals surface area contributed by atoms with Crippen LogP contribution >= 0.6 is 11.6 Å². The summed E-state index contributed by atoms with van der Waals surface area (Å²) in [5.41, 5.74) is 0.662. The Bertz CT molecular complexity index is 533. The number of likely N-dealkylation sites (N-methyl/N-ethyl adjacent to an activating group) is 1. The van der Waals surface area contributed by atoms with Crippen LogP contribution in [-0.2, 0) is 20.6 Å². The van der Waals surface area contributed by atoms with Crippen molar-refractivity contribution < 1.29 is 17.9 Å². The molecular weight excluding hydrogens is 302 g/mol. The molecule has 0 fully saturated rings. The van der Waals surface area contributed by atoms with E-state index in [2.05, 4.69) is 0 Å². The second-order valence-electron chi connectivity index (χ2n) is 4.16. The van der Waals surface area contributed by atoms with Gasteiger partial charge in [0.25, 0.3) is 0 Å². The Labute approximate surface area is 125 Å². The van der Waals surface area contributed by atoms with Crippen LogP contribution in [0.15, 0.2) is 23.1 Å². The number of alkyl halides is 1. The predicted molar refractivity (Wildman–Crippen MR) is 78.9 cm³/mol. The van der Waals surface area contributed by atoms with Gasteiger partial charge in [0.1, 0.15) is 5.75 Å². The molecule has 0 aliphatic heterocycles. The van der Waals surface area contributed by atoms with Crippen molar-refractivity contribution in [2.75, 3.05) is 33.9 Å². The second kappa shape index (κ2) is 7.83. The van der Waals surface area contributed by atoms with E-state index in [4.69, 9.17) is 21.1 Å². The number of hydrogen-bond donors (Lipinski definition) is 0. The van der Waals surface area contributed by atoms with Gasteiger partial charge in [-0.3, -0.25) is 0 Å². The van der Waals surface area contributed by atoms with Gasteiger partial charge in [0.05, 0.1) is 24.0 Å². The molecule has 0 aliphatic rings. The van der Waals surface area contributed by atoms with Crippen molar-refractivity contribution in [1.29, 1.82) is 0 Å². The standard InChI is InChI=1S/C13H20ClNO4S/c1-4-19-13-6-5-12(9-11(13)10-14)20(16,17)15(2)7-8-18-3/h5-6,9H,4,7-8,10H2,1-3H3. The normalized spacial score (nSPS) is 11.8. The van der Waals surface area contributed by atoms with E-state index in [9.17, 15) is 8.42 Å². The van der Waals surface area contributed by atoms with Crippen LogP contribution in [0.4, 0.5) is 0 Å². The maximum absolute atomic E-state index is 12.4. The molecule has 0 atom stereocenters. The molecule has 0 unspecified atom stereocenters. The summed E-state index contributed by atoms with van der Waals surface area (Å²) < 4.78 is 36.3. The second-order valence-corrected chi connectivity index (χ2v) is 6.47. The van der Waals surface area contributed by atoms with Crippen LogP contribution < -0.4 is 4.74 Å². The van der Waals surface area contributed by atoms with Gasteiger partial charge in [0.2, 0.25) is 10.0 Å². The highest BCUT2D eigenvalue weighted by Gasteiger charge is 2.21. The van der Waals surface area contributed by atoms with E-state index in [1.165, 1.54) is 24.5 Å². The minimum atomic E-state index is -3.54. The Morgan fingerprint density at radius 2 is 2.05 bits per heavy atom. The van der Waals surface area contributed by atoms with Crippen molar-refractivity contribution in [2.24, 2.45) is 0 Å². The number of benzene rings is 1. The van der Waals surface area contributed by atoms with Crippen LogP contribution in [0, 0.1) is 0 Å². The van der Waals surface area contributed by atoms with Gasteiger partial charge < -0.3 is 9.47 Å². The fraction of sp³-hybridized carbons (Fsp3) is 0.538. The summed E-state index contributed by atoms with van der Waals surface area (Å²) >= 11 is 5.84. The number of ether oxygens (including phenoxy) is 2. The third-order valence-electron chi connectivity index (χ3n) is 2.79. The third kappa shape index (κ3) is 4.09. The minimum Gasteiger partial charge on any atom is -0.494 e. The average Bonchev–Trinajstić information content (AvgIpc) is 2.45. The number of methoxy groups -OCH3 is 1. The largest absolute Gasteiger partial charge is 0.494 e. The highest BCUT2D eigenvalue weighted by molar-refractivity contribution is 7.89. The predicted octanol–water partition coefficient (Wildman–Crippen LogP) is 2.09. The summed E-state index contributed by atoms with van der Waals surface area (Å²) in [4.78, 5) is 0.204. The Morgan fingerprint density at radius 1 is 1.35 bits per heavy atom. The van der Waals surface area contributed by atoms with Gasteiger partial charge in [0.15, 0.2) is 0 Å². The molecule has 0 saturated heterocycles. The van der Waals surface area contributed by atoms with E-state index in [1.807, 2.05) is 6.92 Å². The summed E-state index contributed by atoms with van der Waals surface area (Å²) in [6.07, 6.45) is 0. The lowest BCUT2D eigenvalue weighted by molar-refractivity contribution is 0.185. The molecule has 114 valence electrons. The summed E-state index contributed by atoms with van der Waals surface area (Å²) in [5.74, 6) is 0.807. The molecule has 0 aliphatic carbocycles. The van der Waals surface area contributed by atoms with Gasteiger partial charge in [-0.1, -0.05) is 0 Å². The molecule has 0 heterocycles. The zero-order chi connectivity index (χ0) is 15.2. The van der Waals surface area contributed by atoms with Gasteiger partial charge in [0, 0.05) is 26.3 Å². The zero-order valence-corrected chi connectivity index (χ0v) is 13.5. The molecule has 0 spiro atoms. The first-order valence-electron chi connectivity index (χ1n) is 6.24. The Kier molecular flexibility index (Phi) is 6.75. The lowest BCUT2D eigenvalue weighted by Gasteiger charge is -2.18. The first-order valence-corrected chi connectivity index (χ1v) is 8.21. The molecule has 0 saturated carbocycles. The van der Waals surface area contributed by atoms with Crippen molar-refractivity contribution in [3.63, 3.8) is 0 Å². The SMILES string of the molecule is CCOc1ccc(S(=O)(=O)N(C)CCOC)cc1CCl. The average molecular weight is 322 g/mol. The number of nitrogens with zero attached hydrogens (tertiary/aromatic N) is 1. The Hall–Kier alpha value is -0.820. The fourth-order valence-electron chi connectivity index (χ4n) is 1.64. The summed E-state index contributed by atoms with van der Waals surface area (Å²) in [7, 11) is -0.487. The summed E-state index contributed by atoms with van der Waals surface area (Å²) in [5, 5.41) is 0. The maximum Gasteiger partial charge on any atom is 0.242 e. The zero-order valence-electron chi connectivity index (χ0n) is 11.9. The Balaban J connectivity index is 3.06. The number of halogens is 1.